The number of nitrogens with zero attached hydrogens (tertiary/aromatic N) is 1. The summed E-state index contributed by atoms with van der Waals surface area (Å²) in [7, 11) is 0. The molecule has 0 radical (unpaired) electrons. The van der Waals surface area contributed by atoms with Gasteiger partial charge in [0.25, 0.3) is 5.69 Å². The molecule has 5 nitrogen and oxygen atoms in total. The minimum atomic E-state index is -0.441. The Morgan fingerprint density at radius 3 is 2.57 bits per heavy atom. The maximum absolute atomic E-state index is 10.9. The fraction of sp³-hybridized carbons (Fsp3) is 0.200. The summed E-state index contributed by atoms with van der Waals surface area (Å²) >= 11 is 6.16. The summed E-state index contributed by atoms with van der Waals surface area (Å²) < 4.78 is 5.69. The Morgan fingerprint density at radius 2 is 2.00 bits per heavy atom. The first-order chi connectivity index (χ1) is 9.90. The smallest absolute Gasteiger partial charge is 0.276 e. The van der Waals surface area contributed by atoms with Crippen molar-refractivity contribution in [2.45, 2.75) is 19.9 Å². The van der Waals surface area contributed by atoms with Crippen LogP contribution in [0.3, 0.4) is 0 Å². The zero-order chi connectivity index (χ0) is 15.6. The Balaban J connectivity index is 2.35. The average molecular weight is 307 g/mol. The van der Waals surface area contributed by atoms with E-state index in [0.29, 0.717) is 22.1 Å². The third kappa shape index (κ3) is 3.32. The van der Waals surface area contributed by atoms with E-state index in [9.17, 15) is 10.1 Å². The van der Waals surface area contributed by atoms with Gasteiger partial charge in [-0.1, -0.05) is 23.7 Å². The van der Waals surface area contributed by atoms with Crippen molar-refractivity contribution < 1.29 is 9.66 Å². The average Bonchev–Trinajstić information content (AvgIpc) is 2.42. The van der Waals surface area contributed by atoms with Crippen LogP contribution in [0.15, 0.2) is 36.4 Å². The Bertz CT molecular complexity index is 687. The van der Waals surface area contributed by atoms with Gasteiger partial charge in [-0.25, -0.2) is 0 Å². The van der Waals surface area contributed by atoms with Crippen LogP contribution in [0.2, 0.25) is 5.02 Å². The highest BCUT2D eigenvalue weighted by Gasteiger charge is 2.15. The van der Waals surface area contributed by atoms with E-state index in [-0.39, 0.29) is 11.7 Å². The molecule has 0 saturated carbocycles. The van der Waals surface area contributed by atoms with Crippen molar-refractivity contribution in [2.75, 3.05) is 0 Å². The zero-order valence-electron chi connectivity index (χ0n) is 11.7. The predicted molar refractivity (Wildman–Crippen MR) is 82.0 cm³/mol. The summed E-state index contributed by atoms with van der Waals surface area (Å²) in [6.07, 6.45) is 0. The van der Waals surface area contributed by atoms with E-state index in [1.165, 1.54) is 6.07 Å². The minimum Gasteiger partial charge on any atom is -0.455 e. The maximum Gasteiger partial charge on any atom is 0.276 e. The Labute approximate surface area is 127 Å². The van der Waals surface area contributed by atoms with Crippen molar-refractivity contribution in [3.63, 3.8) is 0 Å². The van der Waals surface area contributed by atoms with Crippen LogP contribution >= 0.6 is 11.6 Å². The van der Waals surface area contributed by atoms with Gasteiger partial charge in [0.1, 0.15) is 11.5 Å². The molecule has 0 heterocycles. The van der Waals surface area contributed by atoms with Gasteiger partial charge in [-0.15, -0.1) is 0 Å². The second-order valence-electron chi connectivity index (χ2n) is 4.74. The summed E-state index contributed by atoms with van der Waals surface area (Å²) in [5.41, 5.74) is 7.14. The Kier molecular flexibility index (Phi) is 4.45. The van der Waals surface area contributed by atoms with E-state index < -0.39 is 4.92 Å². The first kappa shape index (κ1) is 15.3. The zero-order valence-corrected chi connectivity index (χ0v) is 12.4. The third-order valence-corrected chi connectivity index (χ3v) is 3.45. The molecule has 110 valence electrons. The van der Waals surface area contributed by atoms with Gasteiger partial charge in [0.15, 0.2) is 0 Å². The highest BCUT2D eigenvalue weighted by Crippen LogP contribution is 2.35. The second kappa shape index (κ2) is 6.11. The SMILES string of the molecule is Cc1c(Oc2ccc([C@H](C)N)cc2Cl)cccc1[N+](=O)[O-]. The van der Waals surface area contributed by atoms with Gasteiger partial charge in [-0.2, -0.15) is 0 Å². The van der Waals surface area contributed by atoms with Crippen LogP contribution in [0.5, 0.6) is 11.5 Å². The molecule has 0 aliphatic carbocycles. The largest absolute Gasteiger partial charge is 0.455 e. The van der Waals surface area contributed by atoms with Gasteiger partial charge in [0.2, 0.25) is 0 Å². The molecule has 0 aliphatic rings. The van der Waals surface area contributed by atoms with Crippen LogP contribution in [0.1, 0.15) is 24.1 Å². The lowest BCUT2D eigenvalue weighted by molar-refractivity contribution is -0.385. The molecule has 0 aromatic heterocycles. The number of ether oxygens (including phenoxy) is 1. The fourth-order valence-electron chi connectivity index (χ4n) is 1.91. The number of benzene rings is 2. The Hall–Kier alpha value is -2.11. The molecular formula is C15H15ClN2O3. The van der Waals surface area contributed by atoms with E-state index in [2.05, 4.69) is 0 Å². The van der Waals surface area contributed by atoms with Crippen molar-refractivity contribution in [3.8, 4) is 11.5 Å². The summed E-state index contributed by atoms with van der Waals surface area (Å²) in [5.74, 6) is 0.837. The van der Waals surface area contributed by atoms with Gasteiger partial charge in [0.05, 0.1) is 15.5 Å². The molecule has 2 aromatic rings. The highest BCUT2D eigenvalue weighted by atomic mass is 35.5. The molecule has 0 fully saturated rings. The molecule has 0 spiro atoms. The number of hydrogen-bond donors (Lipinski definition) is 1. The number of nitro benzene ring substituents is 1. The first-order valence-electron chi connectivity index (χ1n) is 6.37. The number of hydrogen-bond acceptors (Lipinski definition) is 4. The van der Waals surface area contributed by atoms with Crippen LogP contribution in [-0.4, -0.2) is 4.92 Å². The second-order valence-corrected chi connectivity index (χ2v) is 5.15. The molecule has 0 bridgehead atoms. The first-order valence-corrected chi connectivity index (χ1v) is 6.75. The molecule has 2 rings (SSSR count). The Morgan fingerprint density at radius 1 is 1.29 bits per heavy atom. The molecule has 2 aromatic carbocycles. The van der Waals surface area contributed by atoms with E-state index in [1.807, 2.05) is 13.0 Å². The maximum atomic E-state index is 10.9. The molecule has 6 heteroatoms. The summed E-state index contributed by atoms with van der Waals surface area (Å²) in [5, 5.41) is 11.3. The van der Waals surface area contributed by atoms with E-state index >= 15 is 0 Å². The number of halogens is 1. The standard InChI is InChI=1S/C15H15ClN2O3/c1-9-13(18(19)20)4-3-5-14(9)21-15-7-6-11(10(2)17)8-12(15)16/h3-8,10H,17H2,1-2H3/t10-/m0/s1. The topological polar surface area (TPSA) is 78.4 Å². The van der Waals surface area contributed by atoms with Crippen molar-refractivity contribution in [1.82, 2.24) is 0 Å². The van der Waals surface area contributed by atoms with Crippen LogP contribution in [0, 0.1) is 17.0 Å². The molecule has 2 N–H and O–H groups in total. The molecule has 0 unspecified atom stereocenters. The molecule has 21 heavy (non-hydrogen) atoms. The number of nitro groups is 1. The quantitative estimate of drug-likeness (QED) is 0.672. The van der Waals surface area contributed by atoms with Crippen molar-refractivity contribution in [2.24, 2.45) is 5.73 Å². The summed E-state index contributed by atoms with van der Waals surface area (Å²) in [6, 6.07) is 9.80. The van der Waals surface area contributed by atoms with Crippen molar-refractivity contribution >= 4 is 17.3 Å². The van der Waals surface area contributed by atoms with Crippen LogP contribution in [0.25, 0.3) is 0 Å². The van der Waals surface area contributed by atoms with E-state index in [0.717, 1.165) is 5.56 Å². The van der Waals surface area contributed by atoms with Crippen molar-refractivity contribution in [1.29, 1.82) is 0 Å². The van der Waals surface area contributed by atoms with Gasteiger partial charge >= 0.3 is 0 Å². The minimum absolute atomic E-state index is 0.0100. The normalized spacial score (nSPS) is 12.0. The molecule has 1 atom stereocenters. The van der Waals surface area contributed by atoms with Crippen LogP contribution < -0.4 is 10.5 Å². The van der Waals surface area contributed by atoms with Crippen molar-refractivity contribution in [3.05, 3.63) is 62.7 Å². The number of rotatable bonds is 4. The van der Waals surface area contributed by atoms with E-state index in [4.69, 9.17) is 22.1 Å². The predicted octanol–water partition coefficient (Wildman–Crippen LogP) is 4.37. The molecule has 0 saturated heterocycles. The monoisotopic (exact) mass is 306 g/mol. The van der Waals surface area contributed by atoms with Crippen LogP contribution in [-0.2, 0) is 0 Å². The lowest BCUT2D eigenvalue weighted by atomic mass is 10.1. The van der Waals surface area contributed by atoms with E-state index in [1.54, 1.807) is 31.2 Å². The fourth-order valence-corrected chi connectivity index (χ4v) is 2.14. The van der Waals surface area contributed by atoms with Gasteiger partial charge in [-0.05, 0) is 37.6 Å². The summed E-state index contributed by atoms with van der Waals surface area (Å²) in [4.78, 5) is 10.5. The number of nitrogens with two attached hydrogens (primary N) is 1. The molecule has 0 amide bonds. The van der Waals surface area contributed by atoms with Crippen LogP contribution in [0.4, 0.5) is 5.69 Å². The highest BCUT2D eigenvalue weighted by molar-refractivity contribution is 6.32. The lowest BCUT2D eigenvalue weighted by Gasteiger charge is -2.12. The molecular weight excluding hydrogens is 292 g/mol. The third-order valence-electron chi connectivity index (χ3n) is 3.15. The van der Waals surface area contributed by atoms with Gasteiger partial charge < -0.3 is 10.5 Å². The lowest BCUT2D eigenvalue weighted by Crippen LogP contribution is -2.04. The molecule has 0 aliphatic heterocycles. The van der Waals surface area contributed by atoms with Gasteiger partial charge in [-0.3, -0.25) is 10.1 Å². The van der Waals surface area contributed by atoms with Gasteiger partial charge in [0, 0.05) is 12.1 Å². The summed E-state index contributed by atoms with van der Waals surface area (Å²) in [6.45, 7) is 3.49.